The zero-order chi connectivity index (χ0) is 15.9. The maximum absolute atomic E-state index is 10.7. The van der Waals surface area contributed by atoms with Gasteiger partial charge in [0.25, 0.3) is 0 Å². The van der Waals surface area contributed by atoms with Crippen LogP contribution in [0.5, 0.6) is 0 Å². The maximum atomic E-state index is 10.7. The fourth-order valence-corrected chi connectivity index (χ4v) is 1.41. The number of carbonyl (C=O) groups is 2. The van der Waals surface area contributed by atoms with E-state index >= 15 is 0 Å². The molecule has 0 heterocycles. The summed E-state index contributed by atoms with van der Waals surface area (Å²) in [7, 11) is 1.31. The molecule has 0 atom stereocenters. The van der Waals surface area contributed by atoms with E-state index in [0.29, 0.717) is 0 Å². The van der Waals surface area contributed by atoms with E-state index in [1.165, 1.54) is 19.3 Å². The van der Waals surface area contributed by atoms with Gasteiger partial charge in [0.15, 0.2) is 0 Å². The van der Waals surface area contributed by atoms with Crippen molar-refractivity contribution in [3.63, 3.8) is 0 Å². The van der Waals surface area contributed by atoms with E-state index in [-0.39, 0.29) is 10.8 Å². The molecular weight excluding hydrogens is 276 g/mol. The Hall–Kier alpha value is -1.66. The van der Waals surface area contributed by atoms with Crippen molar-refractivity contribution < 1.29 is 29.5 Å². The van der Waals surface area contributed by atoms with E-state index in [1.807, 2.05) is 13.0 Å². The van der Waals surface area contributed by atoms with Crippen LogP contribution in [-0.4, -0.2) is 24.3 Å². The maximum Gasteiger partial charge on any atom is 0.365 e. The molecule has 6 nitrogen and oxygen atoms in total. The zero-order valence-corrected chi connectivity index (χ0v) is 12.6. The van der Waals surface area contributed by atoms with E-state index in [2.05, 4.69) is 21.6 Å². The summed E-state index contributed by atoms with van der Waals surface area (Å²) in [6.07, 6.45) is 10.8. The van der Waals surface area contributed by atoms with E-state index in [0.717, 1.165) is 25.7 Å². The molecule has 118 valence electrons. The van der Waals surface area contributed by atoms with Gasteiger partial charge < -0.3 is 0 Å². The number of rotatable bonds is 5. The number of hydrogen-bond donors (Lipinski definition) is 1. The summed E-state index contributed by atoms with van der Waals surface area (Å²) >= 11 is 0. The van der Waals surface area contributed by atoms with Crippen LogP contribution in [0.2, 0.25) is 0 Å². The van der Waals surface area contributed by atoms with Crippen molar-refractivity contribution in [3.8, 4) is 0 Å². The van der Waals surface area contributed by atoms with Gasteiger partial charge in [0.05, 0.1) is 7.11 Å². The van der Waals surface area contributed by atoms with Gasteiger partial charge in [-0.05, 0) is 36.5 Å². The Bertz CT molecular complexity index is 429. The highest BCUT2D eigenvalue weighted by molar-refractivity contribution is 5.81. The van der Waals surface area contributed by atoms with Crippen molar-refractivity contribution in [2.75, 3.05) is 7.11 Å². The Kier molecular flexibility index (Phi) is 6.11. The molecule has 0 aromatic heterocycles. The molecule has 2 aliphatic carbocycles. The minimum Gasteiger partial charge on any atom is -0.296 e. The Morgan fingerprint density at radius 2 is 1.38 bits per heavy atom. The van der Waals surface area contributed by atoms with Gasteiger partial charge in [0, 0.05) is 12.2 Å². The molecule has 0 saturated heterocycles. The first kappa shape index (κ1) is 17.4. The third-order valence-corrected chi connectivity index (χ3v) is 3.58. The van der Waals surface area contributed by atoms with Gasteiger partial charge in [-0.3, -0.25) is 9.78 Å². The summed E-state index contributed by atoms with van der Waals surface area (Å²) in [6.45, 7) is 4.15. The van der Waals surface area contributed by atoms with Crippen LogP contribution in [0.25, 0.3) is 0 Å². The van der Waals surface area contributed by atoms with Crippen LogP contribution in [0.4, 0.5) is 0 Å². The SMILES string of the molecule is CC1(/C=C/C(=O)OO)CC1.COOC(=O)/C=C/C1(C)CC1. The molecule has 0 bridgehead atoms. The standard InChI is InChI=1S/C8H12O3.C7H10O3/c1-8(5-6-8)4-3-7(9)11-10-2;1-7(4-5-7)3-2-6(8)10-9/h3-4H,5-6H2,1-2H3;2-3,9H,4-5H2,1H3/b4-3+;3-2+. The Labute approximate surface area is 124 Å². The molecule has 6 heteroatoms. The largest absolute Gasteiger partial charge is 0.365 e. The lowest BCUT2D eigenvalue weighted by molar-refractivity contribution is -0.249. The molecule has 0 amide bonds. The highest BCUT2D eigenvalue weighted by Gasteiger charge is 2.34. The van der Waals surface area contributed by atoms with Gasteiger partial charge in [-0.1, -0.05) is 26.0 Å². The van der Waals surface area contributed by atoms with Gasteiger partial charge in [0.2, 0.25) is 0 Å². The third-order valence-electron chi connectivity index (χ3n) is 3.58. The Morgan fingerprint density at radius 1 is 0.952 bits per heavy atom. The van der Waals surface area contributed by atoms with Gasteiger partial charge in [-0.2, -0.15) is 10.1 Å². The van der Waals surface area contributed by atoms with Crippen LogP contribution in [0.3, 0.4) is 0 Å². The summed E-state index contributed by atoms with van der Waals surface area (Å²) < 4.78 is 0. The van der Waals surface area contributed by atoms with Crippen LogP contribution in [0.15, 0.2) is 24.3 Å². The Morgan fingerprint density at radius 3 is 1.71 bits per heavy atom. The minimum absolute atomic E-state index is 0.189. The van der Waals surface area contributed by atoms with E-state index < -0.39 is 11.9 Å². The fourth-order valence-electron chi connectivity index (χ4n) is 1.41. The molecule has 0 aromatic carbocycles. The zero-order valence-electron chi connectivity index (χ0n) is 12.6. The second-order valence-electron chi connectivity index (χ2n) is 5.95. The molecule has 0 spiro atoms. The normalized spacial score (nSPS) is 20.6. The number of allylic oxidation sites excluding steroid dienone is 2. The second kappa shape index (κ2) is 7.38. The fraction of sp³-hybridized carbons (Fsp3) is 0.600. The summed E-state index contributed by atoms with van der Waals surface area (Å²) in [5.74, 6) is -1.14. The van der Waals surface area contributed by atoms with E-state index in [4.69, 9.17) is 5.26 Å². The van der Waals surface area contributed by atoms with Crippen LogP contribution in [0, 0.1) is 10.8 Å². The van der Waals surface area contributed by atoms with Crippen molar-refractivity contribution in [2.45, 2.75) is 39.5 Å². The van der Waals surface area contributed by atoms with Gasteiger partial charge >= 0.3 is 11.9 Å². The van der Waals surface area contributed by atoms with Crippen molar-refractivity contribution in [2.24, 2.45) is 10.8 Å². The van der Waals surface area contributed by atoms with Gasteiger partial charge in [-0.15, -0.1) is 0 Å². The quantitative estimate of drug-likeness (QED) is 0.477. The van der Waals surface area contributed by atoms with Crippen molar-refractivity contribution in [1.82, 2.24) is 0 Å². The number of carbonyl (C=O) groups excluding carboxylic acids is 2. The van der Waals surface area contributed by atoms with Crippen molar-refractivity contribution in [3.05, 3.63) is 24.3 Å². The molecule has 2 aliphatic rings. The highest BCUT2D eigenvalue weighted by atomic mass is 17.2. The summed E-state index contributed by atoms with van der Waals surface area (Å²) in [5.41, 5.74) is 0.431. The third kappa shape index (κ3) is 7.63. The topological polar surface area (TPSA) is 82.1 Å². The predicted molar refractivity (Wildman–Crippen MR) is 74.8 cm³/mol. The Balaban J connectivity index is 0.000000211. The summed E-state index contributed by atoms with van der Waals surface area (Å²) in [4.78, 5) is 32.9. The van der Waals surface area contributed by atoms with Crippen molar-refractivity contribution in [1.29, 1.82) is 0 Å². The summed E-state index contributed by atoms with van der Waals surface area (Å²) in [6, 6.07) is 0. The van der Waals surface area contributed by atoms with E-state index in [9.17, 15) is 9.59 Å². The predicted octanol–water partition coefficient (Wildman–Crippen LogP) is 2.81. The first-order valence-corrected chi connectivity index (χ1v) is 6.81. The average Bonchev–Trinajstić information content (AvgIpc) is 3.36. The summed E-state index contributed by atoms with van der Waals surface area (Å²) in [5, 5.41) is 7.85. The average molecular weight is 298 g/mol. The lowest BCUT2D eigenvalue weighted by atomic mass is 10.1. The van der Waals surface area contributed by atoms with E-state index in [1.54, 1.807) is 6.08 Å². The second-order valence-corrected chi connectivity index (χ2v) is 5.95. The monoisotopic (exact) mass is 298 g/mol. The molecule has 0 radical (unpaired) electrons. The van der Waals surface area contributed by atoms with Crippen LogP contribution < -0.4 is 0 Å². The molecule has 0 aliphatic heterocycles. The molecule has 0 aromatic rings. The first-order chi connectivity index (χ1) is 9.82. The first-order valence-electron chi connectivity index (χ1n) is 6.81. The molecule has 2 fully saturated rings. The van der Waals surface area contributed by atoms with Gasteiger partial charge in [0.1, 0.15) is 0 Å². The molecule has 21 heavy (non-hydrogen) atoms. The molecule has 2 rings (SSSR count). The van der Waals surface area contributed by atoms with Crippen LogP contribution >= 0.6 is 0 Å². The molecule has 2 saturated carbocycles. The minimum atomic E-state index is -0.701. The number of hydrogen-bond acceptors (Lipinski definition) is 6. The van der Waals surface area contributed by atoms with Gasteiger partial charge in [-0.25, -0.2) is 9.59 Å². The van der Waals surface area contributed by atoms with Crippen LogP contribution in [-0.2, 0) is 24.3 Å². The lowest BCUT2D eigenvalue weighted by Crippen LogP contribution is -1.99. The highest BCUT2D eigenvalue weighted by Crippen LogP contribution is 2.46. The molecular formula is C15H22O6. The molecule has 1 N–H and O–H groups in total. The van der Waals surface area contributed by atoms with Crippen molar-refractivity contribution >= 4 is 11.9 Å². The lowest BCUT2D eigenvalue weighted by Gasteiger charge is -1.96. The molecule has 0 unspecified atom stereocenters. The van der Waals surface area contributed by atoms with Crippen LogP contribution in [0.1, 0.15) is 39.5 Å². The smallest absolute Gasteiger partial charge is 0.296 e.